The minimum atomic E-state index is -1.01. The molecular formula is C15H20BrNO4. The third-order valence-corrected chi connectivity index (χ3v) is 3.23. The summed E-state index contributed by atoms with van der Waals surface area (Å²) >= 11 is 3.33. The van der Waals surface area contributed by atoms with E-state index in [9.17, 15) is 9.59 Å². The molecule has 1 aromatic rings. The molecule has 0 aliphatic heterocycles. The smallest absolute Gasteiger partial charge is 0.326 e. The molecule has 6 heteroatoms. The molecule has 0 radical (unpaired) electrons. The SMILES string of the molecule is CC(C)C[C@H](NC(=O)CCOc1cccc(Br)c1)C(=O)O. The monoisotopic (exact) mass is 357 g/mol. The average molecular weight is 358 g/mol. The maximum Gasteiger partial charge on any atom is 0.326 e. The lowest BCUT2D eigenvalue weighted by molar-refractivity contribution is -0.142. The number of halogens is 1. The number of amides is 1. The number of carboxylic acid groups (broad SMARTS) is 1. The molecule has 1 rings (SSSR count). The lowest BCUT2D eigenvalue weighted by Crippen LogP contribution is -2.42. The molecule has 116 valence electrons. The van der Waals surface area contributed by atoms with E-state index in [1.807, 2.05) is 26.0 Å². The summed E-state index contributed by atoms with van der Waals surface area (Å²) in [7, 11) is 0. The van der Waals surface area contributed by atoms with Crippen molar-refractivity contribution in [2.75, 3.05) is 6.61 Å². The van der Waals surface area contributed by atoms with Gasteiger partial charge >= 0.3 is 5.97 Å². The molecule has 1 amide bonds. The van der Waals surface area contributed by atoms with Crippen molar-refractivity contribution in [1.82, 2.24) is 5.32 Å². The standard InChI is InChI=1S/C15H20BrNO4/c1-10(2)8-13(15(19)20)17-14(18)6-7-21-12-5-3-4-11(16)9-12/h3-5,9-10,13H,6-8H2,1-2H3,(H,17,18)(H,19,20)/t13-/m0/s1. The Morgan fingerprint density at radius 2 is 2.10 bits per heavy atom. The van der Waals surface area contributed by atoms with Gasteiger partial charge in [0.2, 0.25) is 5.91 Å². The molecule has 1 atom stereocenters. The van der Waals surface area contributed by atoms with E-state index in [-0.39, 0.29) is 24.9 Å². The second kappa shape index (κ2) is 8.67. The summed E-state index contributed by atoms with van der Waals surface area (Å²) in [6.07, 6.45) is 0.530. The predicted molar refractivity (Wildman–Crippen MR) is 83.3 cm³/mol. The van der Waals surface area contributed by atoms with Crippen LogP contribution < -0.4 is 10.1 Å². The van der Waals surface area contributed by atoms with Crippen LogP contribution in [0.2, 0.25) is 0 Å². The van der Waals surface area contributed by atoms with Gasteiger partial charge in [0.1, 0.15) is 11.8 Å². The highest BCUT2D eigenvalue weighted by Crippen LogP contribution is 2.17. The number of carbonyl (C=O) groups is 2. The topological polar surface area (TPSA) is 75.6 Å². The Kier molecular flexibility index (Phi) is 7.22. The van der Waals surface area contributed by atoms with Gasteiger partial charge in [-0.1, -0.05) is 35.8 Å². The fourth-order valence-electron chi connectivity index (χ4n) is 1.78. The van der Waals surface area contributed by atoms with Gasteiger partial charge in [0.05, 0.1) is 13.0 Å². The van der Waals surface area contributed by atoms with Gasteiger partial charge in [-0.2, -0.15) is 0 Å². The molecule has 21 heavy (non-hydrogen) atoms. The Balaban J connectivity index is 2.37. The van der Waals surface area contributed by atoms with E-state index in [0.717, 1.165) is 4.47 Å². The number of nitrogens with one attached hydrogen (secondary N) is 1. The summed E-state index contributed by atoms with van der Waals surface area (Å²) in [6.45, 7) is 4.03. The predicted octanol–water partition coefficient (Wildman–Crippen LogP) is 2.83. The summed E-state index contributed by atoms with van der Waals surface area (Å²) in [4.78, 5) is 22.8. The van der Waals surface area contributed by atoms with Crippen LogP contribution in [-0.2, 0) is 9.59 Å². The van der Waals surface area contributed by atoms with Crippen molar-refractivity contribution in [1.29, 1.82) is 0 Å². The number of hydrogen-bond acceptors (Lipinski definition) is 3. The second-order valence-corrected chi connectivity index (χ2v) is 6.06. The molecule has 0 aliphatic rings. The van der Waals surface area contributed by atoms with Crippen LogP contribution in [-0.4, -0.2) is 29.6 Å². The maximum absolute atomic E-state index is 11.7. The minimum absolute atomic E-state index is 0.119. The van der Waals surface area contributed by atoms with Crippen LogP contribution in [0.15, 0.2) is 28.7 Å². The third-order valence-electron chi connectivity index (χ3n) is 2.73. The number of ether oxygens (including phenoxy) is 1. The summed E-state index contributed by atoms with van der Waals surface area (Å²) in [5.74, 6) is -0.471. The number of aliphatic carboxylic acids is 1. The highest BCUT2D eigenvalue weighted by Gasteiger charge is 2.20. The summed E-state index contributed by atoms with van der Waals surface area (Å²) < 4.78 is 6.34. The van der Waals surface area contributed by atoms with Crippen LogP contribution in [0.5, 0.6) is 5.75 Å². The van der Waals surface area contributed by atoms with E-state index in [4.69, 9.17) is 9.84 Å². The molecule has 0 fully saturated rings. The summed E-state index contributed by atoms with van der Waals surface area (Å²) in [5.41, 5.74) is 0. The van der Waals surface area contributed by atoms with Gasteiger partial charge in [-0.3, -0.25) is 4.79 Å². The van der Waals surface area contributed by atoms with Crippen molar-refractivity contribution >= 4 is 27.8 Å². The van der Waals surface area contributed by atoms with E-state index in [1.54, 1.807) is 12.1 Å². The average Bonchev–Trinajstić information content (AvgIpc) is 2.37. The van der Waals surface area contributed by atoms with Crippen LogP contribution in [0.25, 0.3) is 0 Å². The first kappa shape index (κ1) is 17.5. The zero-order chi connectivity index (χ0) is 15.8. The van der Waals surface area contributed by atoms with Gasteiger partial charge in [0.15, 0.2) is 0 Å². The first-order valence-electron chi connectivity index (χ1n) is 6.79. The number of carboxylic acids is 1. The molecular weight excluding hydrogens is 338 g/mol. The van der Waals surface area contributed by atoms with Crippen LogP contribution in [0.3, 0.4) is 0 Å². The fraction of sp³-hybridized carbons (Fsp3) is 0.467. The van der Waals surface area contributed by atoms with Gasteiger partial charge in [-0.05, 0) is 30.5 Å². The van der Waals surface area contributed by atoms with Gasteiger partial charge in [-0.25, -0.2) is 4.79 Å². The normalized spacial score (nSPS) is 12.0. The molecule has 0 saturated carbocycles. The molecule has 0 aromatic heterocycles. The molecule has 0 spiro atoms. The molecule has 2 N–H and O–H groups in total. The number of rotatable bonds is 8. The molecule has 0 heterocycles. The highest BCUT2D eigenvalue weighted by atomic mass is 79.9. The highest BCUT2D eigenvalue weighted by molar-refractivity contribution is 9.10. The Morgan fingerprint density at radius 1 is 1.38 bits per heavy atom. The third kappa shape index (κ3) is 7.13. The van der Waals surface area contributed by atoms with E-state index >= 15 is 0 Å². The Morgan fingerprint density at radius 3 is 2.67 bits per heavy atom. The van der Waals surface area contributed by atoms with Gasteiger partial charge in [-0.15, -0.1) is 0 Å². The second-order valence-electron chi connectivity index (χ2n) is 5.14. The van der Waals surface area contributed by atoms with Crippen LogP contribution in [0.1, 0.15) is 26.7 Å². The quantitative estimate of drug-likeness (QED) is 0.749. The molecule has 0 bridgehead atoms. The molecule has 0 aliphatic carbocycles. The minimum Gasteiger partial charge on any atom is -0.493 e. The van der Waals surface area contributed by atoms with Crippen molar-refractivity contribution in [3.63, 3.8) is 0 Å². The van der Waals surface area contributed by atoms with E-state index in [2.05, 4.69) is 21.2 Å². The van der Waals surface area contributed by atoms with Crippen molar-refractivity contribution < 1.29 is 19.4 Å². The fourth-order valence-corrected chi connectivity index (χ4v) is 2.16. The van der Waals surface area contributed by atoms with E-state index in [1.165, 1.54) is 0 Å². The first-order valence-corrected chi connectivity index (χ1v) is 7.58. The number of carbonyl (C=O) groups excluding carboxylic acids is 1. The van der Waals surface area contributed by atoms with Gasteiger partial charge in [0, 0.05) is 4.47 Å². The van der Waals surface area contributed by atoms with Crippen LogP contribution in [0, 0.1) is 5.92 Å². The lowest BCUT2D eigenvalue weighted by Gasteiger charge is -2.16. The number of benzene rings is 1. The largest absolute Gasteiger partial charge is 0.493 e. The summed E-state index contributed by atoms with van der Waals surface area (Å²) in [6, 6.07) is 6.47. The van der Waals surface area contributed by atoms with Crippen molar-refractivity contribution in [3.8, 4) is 5.75 Å². The Labute approximate surface area is 132 Å². The van der Waals surface area contributed by atoms with Crippen LogP contribution >= 0.6 is 15.9 Å². The molecule has 5 nitrogen and oxygen atoms in total. The number of hydrogen-bond donors (Lipinski definition) is 2. The van der Waals surface area contributed by atoms with Gasteiger partial charge in [0.25, 0.3) is 0 Å². The lowest BCUT2D eigenvalue weighted by atomic mass is 10.0. The zero-order valence-electron chi connectivity index (χ0n) is 12.1. The van der Waals surface area contributed by atoms with E-state index in [0.29, 0.717) is 12.2 Å². The molecule has 1 aromatic carbocycles. The van der Waals surface area contributed by atoms with Crippen molar-refractivity contribution in [2.45, 2.75) is 32.7 Å². The Bertz CT molecular complexity index is 490. The maximum atomic E-state index is 11.7. The van der Waals surface area contributed by atoms with Crippen LogP contribution in [0.4, 0.5) is 0 Å². The van der Waals surface area contributed by atoms with Gasteiger partial charge < -0.3 is 15.2 Å². The summed E-state index contributed by atoms with van der Waals surface area (Å²) in [5, 5.41) is 11.6. The first-order chi connectivity index (χ1) is 9.88. The van der Waals surface area contributed by atoms with Crippen molar-refractivity contribution in [3.05, 3.63) is 28.7 Å². The van der Waals surface area contributed by atoms with E-state index < -0.39 is 12.0 Å². The zero-order valence-corrected chi connectivity index (χ0v) is 13.7. The Hall–Kier alpha value is -1.56. The molecule has 0 unspecified atom stereocenters. The van der Waals surface area contributed by atoms with Crippen molar-refractivity contribution in [2.24, 2.45) is 5.92 Å². The molecule has 0 saturated heterocycles.